The minimum Gasteiger partial charge on any atom is -0.346 e. The molecule has 2 atom stereocenters. The lowest BCUT2D eigenvalue weighted by molar-refractivity contribution is -0.143. The van der Waals surface area contributed by atoms with E-state index in [0.29, 0.717) is 25.8 Å². The van der Waals surface area contributed by atoms with Crippen molar-refractivity contribution in [2.75, 3.05) is 31.1 Å². The highest BCUT2D eigenvalue weighted by molar-refractivity contribution is 7.91. The molecule has 2 unspecified atom stereocenters. The Hall–Kier alpha value is -1.36. The van der Waals surface area contributed by atoms with Crippen molar-refractivity contribution in [2.45, 2.75) is 69.2 Å². The van der Waals surface area contributed by atoms with E-state index in [1.54, 1.807) is 9.80 Å². The summed E-state index contributed by atoms with van der Waals surface area (Å²) in [6.07, 6.45) is 0.592. The lowest BCUT2D eigenvalue weighted by atomic mass is 10.1. The molecule has 1 saturated carbocycles. The molecule has 0 radical (unpaired) electrons. The number of nitrogens with zero attached hydrogens (tertiary/aromatic N) is 2. The third kappa shape index (κ3) is 5.84. The van der Waals surface area contributed by atoms with E-state index in [9.17, 15) is 31.2 Å². The van der Waals surface area contributed by atoms with Gasteiger partial charge in [0.1, 0.15) is 6.54 Å². The number of hydrogen-bond donors (Lipinski definition) is 1. The second kappa shape index (κ2) is 8.79. The minimum atomic E-state index is -4.48. The van der Waals surface area contributed by atoms with E-state index >= 15 is 0 Å². The number of sulfone groups is 1. The molecule has 3 fully saturated rings. The summed E-state index contributed by atoms with van der Waals surface area (Å²) in [5, 5.41) is 1.91. The van der Waals surface area contributed by atoms with Gasteiger partial charge in [-0.3, -0.25) is 14.5 Å². The van der Waals surface area contributed by atoms with Gasteiger partial charge >= 0.3 is 6.18 Å². The minimum absolute atomic E-state index is 0.000842. The topological polar surface area (TPSA) is 86.8 Å². The van der Waals surface area contributed by atoms with Gasteiger partial charge in [-0.25, -0.2) is 8.42 Å². The van der Waals surface area contributed by atoms with Crippen LogP contribution in [0.15, 0.2) is 0 Å². The Morgan fingerprint density at radius 3 is 2.31 bits per heavy atom. The molecule has 0 aromatic carbocycles. The summed E-state index contributed by atoms with van der Waals surface area (Å²) >= 11 is 0. The molecule has 2 heterocycles. The fourth-order valence-corrected chi connectivity index (χ4v) is 6.47. The molecule has 166 valence electrons. The number of nitrogens with one attached hydrogen (secondary N) is 1. The summed E-state index contributed by atoms with van der Waals surface area (Å²) in [7, 11) is -3.15. The molecule has 0 spiro atoms. The molecule has 3 aliphatic rings. The Bertz CT molecular complexity index is 722. The lowest BCUT2D eigenvalue weighted by Gasteiger charge is -2.36. The van der Waals surface area contributed by atoms with Crippen LogP contribution in [-0.2, 0) is 19.4 Å². The monoisotopic (exact) mass is 439 g/mol. The fraction of sp³-hybridized carbons (Fsp3) is 0.889. The van der Waals surface area contributed by atoms with Gasteiger partial charge < -0.3 is 10.2 Å². The molecular formula is C18H28F3N3O4S. The maximum Gasteiger partial charge on any atom is 0.405 e. The third-order valence-corrected chi connectivity index (χ3v) is 7.83. The first kappa shape index (κ1) is 22.3. The van der Waals surface area contributed by atoms with Crippen LogP contribution in [0.5, 0.6) is 0 Å². The van der Waals surface area contributed by atoms with Crippen LogP contribution in [0, 0.1) is 0 Å². The SMILES string of the molecule is O=C(NCC(F)(F)F)C1CCCN1CC(=O)N(C1CCCC1)C1CCS(=O)(=O)C1. The van der Waals surface area contributed by atoms with Gasteiger partial charge in [0.05, 0.1) is 24.1 Å². The van der Waals surface area contributed by atoms with E-state index in [1.807, 2.05) is 5.32 Å². The highest BCUT2D eigenvalue weighted by Crippen LogP contribution is 2.30. The molecule has 0 aromatic rings. The van der Waals surface area contributed by atoms with Crippen molar-refractivity contribution in [3.8, 4) is 0 Å². The van der Waals surface area contributed by atoms with Gasteiger partial charge in [0, 0.05) is 12.1 Å². The summed E-state index contributed by atoms with van der Waals surface area (Å²) in [6.45, 7) is -1.01. The van der Waals surface area contributed by atoms with E-state index in [-0.39, 0.29) is 36.0 Å². The highest BCUT2D eigenvalue weighted by atomic mass is 32.2. The predicted octanol–water partition coefficient (Wildman–Crippen LogP) is 1.09. The van der Waals surface area contributed by atoms with Crippen molar-refractivity contribution in [3.63, 3.8) is 0 Å². The summed E-state index contributed by atoms with van der Waals surface area (Å²) in [4.78, 5) is 28.7. The van der Waals surface area contributed by atoms with Gasteiger partial charge in [-0.15, -0.1) is 0 Å². The van der Waals surface area contributed by atoms with Crippen LogP contribution in [0.4, 0.5) is 13.2 Å². The van der Waals surface area contributed by atoms with E-state index in [4.69, 9.17) is 0 Å². The number of hydrogen-bond acceptors (Lipinski definition) is 5. The molecular weight excluding hydrogens is 411 g/mol. The van der Waals surface area contributed by atoms with Crippen LogP contribution in [0.25, 0.3) is 0 Å². The van der Waals surface area contributed by atoms with Crippen LogP contribution in [-0.4, -0.2) is 85.5 Å². The predicted molar refractivity (Wildman–Crippen MR) is 99.8 cm³/mol. The van der Waals surface area contributed by atoms with Crippen molar-refractivity contribution in [3.05, 3.63) is 0 Å². The maximum atomic E-state index is 13.1. The standard InChI is InChI=1S/C18H28F3N3O4S/c19-18(20,21)12-22-17(26)15-6-3-8-23(15)10-16(25)24(13-4-1-2-5-13)14-7-9-29(27,28)11-14/h13-15H,1-12H2,(H,22,26). The first-order valence-corrected chi connectivity index (χ1v) is 12.0. The van der Waals surface area contributed by atoms with Gasteiger partial charge in [-0.1, -0.05) is 12.8 Å². The van der Waals surface area contributed by atoms with Crippen LogP contribution < -0.4 is 5.32 Å². The van der Waals surface area contributed by atoms with E-state index in [0.717, 1.165) is 25.7 Å². The molecule has 1 N–H and O–H groups in total. The Balaban J connectivity index is 1.65. The lowest BCUT2D eigenvalue weighted by Crippen LogP contribution is -2.53. The van der Waals surface area contributed by atoms with Crippen molar-refractivity contribution in [1.82, 2.24) is 15.1 Å². The van der Waals surface area contributed by atoms with E-state index in [2.05, 4.69) is 0 Å². The third-order valence-electron chi connectivity index (χ3n) is 6.08. The Morgan fingerprint density at radius 2 is 1.72 bits per heavy atom. The molecule has 0 bridgehead atoms. The zero-order valence-corrected chi connectivity index (χ0v) is 17.1. The largest absolute Gasteiger partial charge is 0.405 e. The van der Waals surface area contributed by atoms with Crippen molar-refractivity contribution in [1.29, 1.82) is 0 Å². The summed E-state index contributed by atoms with van der Waals surface area (Å²) in [5.74, 6) is -0.913. The number of rotatable bonds is 6. The molecule has 1 aliphatic carbocycles. The van der Waals surface area contributed by atoms with Crippen LogP contribution >= 0.6 is 0 Å². The molecule has 11 heteroatoms. The van der Waals surface area contributed by atoms with Gasteiger partial charge in [0.2, 0.25) is 11.8 Å². The quantitative estimate of drug-likeness (QED) is 0.670. The summed E-state index contributed by atoms with van der Waals surface area (Å²) < 4.78 is 61.0. The molecule has 2 amide bonds. The maximum absolute atomic E-state index is 13.1. The van der Waals surface area contributed by atoms with Gasteiger partial charge in [-0.2, -0.15) is 13.2 Å². The molecule has 29 heavy (non-hydrogen) atoms. The van der Waals surface area contributed by atoms with Crippen LogP contribution in [0.3, 0.4) is 0 Å². The Labute approximate surface area is 168 Å². The van der Waals surface area contributed by atoms with Crippen molar-refractivity contribution in [2.24, 2.45) is 0 Å². The summed E-state index contributed by atoms with van der Waals surface area (Å²) in [6, 6.07) is -1.12. The average molecular weight is 440 g/mol. The number of carbonyl (C=O) groups is 2. The zero-order valence-electron chi connectivity index (χ0n) is 16.3. The number of alkyl halides is 3. The van der Waals surface area contributed by atoms with Crippen LogP contribution in [0.1, 0.15) is 44.9 Å². The fourth-order valence-electron chi connectivity index (χ4n) is 4.76. The highest BCUT2D eigenvalue weighted by Gasteiger charge is 2.41. The van der Waals surface area contributed by atoms with Crippen LogP contribution in [0.2, 0.25) is 0 Å². The summed E-state index contributed by atoms with van der Waals surface area (Å²) in [5.41, 5.74) is 0. The number of likely N-dealkylation sites (tertiary alicyclic amines) is 1. The van der Waals surface area contributed by atoms with Gasteiger partial charge in [0.25, 0.3) is 0 Å². The number of carbonyl (C=O) groups excluding carboxylic acids is 2. The second-order valence-corrected chi connectivity index (χ2v) is 10.5. The second-order valence-electron chi connectivity index (χ2n) is 8.26. The van der Waals surface area contributed by atoms with E-state index < -0.39 is 34.5 Å². The molecule has 3 rings (SSSR count). The van der Waals surface area contributed by atoms with E-state index in [1.165, 1.54) is 0 Å². The molecule has 2 aliphatic heterocycles. The Kier molecular flexibility index (Phi) is 6.77. The molecule has 0 aromatic heterocycles. The number of amides is 2. The normalized spacial score (nSPS) is 28.0. The van der Waals surface area contributed by atoms with Crippen molar-refractivity contribution >= 4 is 21.7 Å². The Morgan fingerprint density at radius 1 is 1.03 bits per heavy atom. The number of halogens is 3. The zero-order chi connectivity index (χ0) is 21.2. The van der Waals surface area contributed by atoms with Crippen molar-refractivity contribution < 1.29 is 31.2 Å². The molecule has 2 saturated heterocycles. The molecule has 7 nitrogen and oxygen atoms in total. The average Bonchev–Trinajstić information content (AvgIpc) is 3.34. The van der Waals surface area contributed by atoms with Gasteiger partial charge in [0.15, 0.2) is 9.84 Å². The first-order chi connectivity index (χ1) is 13.6. The first-order valence-electron chi connectivity index (χ1n) is 10.2. The van der Waals surface area contributed by atoms with Gasteiger partial charge in [-0.05, 0) is 38.6 Å². The smallest absolute Gasteiger partial charge is 0.346 e.